The Bertz CT molecular complexity index is 373. The second kappa shape index (κ2) is 6.64. The minimum absolute atomic E-state index is 0.198. The Labute approximate surface area is 110 Å². The monoisotopic (exact) mass is 254 g/mol. The highest BCUT2D eigenvalue weighted by atomic mass is 16.3. The van der Waals surface area contributed by atoms with Crippen LogP contribution in [-0.4, -0.2) is 34.1 Å². The molecule has 18 heavy (non-hydrogen) atoms. The van der Waals surface area contributed by atoms with Crippen LogP contribution in [0.5, 0.6) is 0 Å². The second-order valence-electron chi connectivity index (χ2n) is 4.91. The maximum absolute atomic E-state index is 9.01. The van der Waals surface area contributed by atoms with Crippen molar-refractivity contribution in [3.8, 4) is 0 Å². The van der Waals surface area contributed by atoms with Gasteiger partial charge < -0.3 is 15.7 Å². The summed E-state index contributed by atoms with van der Waals surface area (Å²) in [6.07, 6.45) is 1.77. The highest BCUT2D eigenvalue weighted by molar-refractivity contribution is 5.66. The van der Waals surface area contributed by atoms with Crippen LogP contribution in [0.3, 0.4) is 0 Å². The zero-order valence-corrected chi connectivity index (χ0v) is 12.0. The van der Waals surface area contributed by atoms with Crippen LogP contribution in [0.1, 0.15) is 39.3 Å². The molecule has 0 saturated carbocycles. The molecule has 3 N–H and O–H groups in total. The predicted molar refractivity (Wildman–Crippen MR) is 75.9 cm³/mol. The number of aliphatic hydroxyl groups is 1. The third kappa shape index (κ3) is 3.16. The van der Waals surface area contributed by atoms with Gasteiger partial charge in [-0.05, 0) is 33.6 Å². The summed E-state index contributed by atoms with van der Waals surface area (Å²) in [5.41, 5.74) is 7.80. The van der Waals surface area contributed by atoms with Crippen molar-refractivity contribution in [1.82, 2.24) is 9.78 Å². The molecule has 0 fully saturated rings. The van der Waals surface area contributed by atoms with E-state index in [4.69, 9.17) is 10.8 Å². The zero-order valence-electron chi connectivity index (χ0n) is 12.0. The largest absolute Gasteiger partial charge is 0.396 e. The van der Waals surface area contributed by atoms with Crippen molar-refractivity contribution >= 4 is 11.5 Å². The smallest absolute Gasteiger partial charge is 0.150 e. The van der Waals surface area contributed by atoms with E-state index in [-0.39, 0.29) is 6.61 Å². The number of aromatic nitrogens is 2. The zero-order chi connectivity index (χ0) is 13.7. The average molecular weight is 254 g/mol. The van der Waals surface area contributed by atoms with Crippen molar-refractivity contribution in [1.29, 1.82) is 0 Å². The van der Waals surface area contributed by atoms with Gasteiger partial charge >= 0.3 is 0 Å². The summed E-state index contributed by atoms with van der Waals surface area (Å²) in [4.78, 5) is 2.22. The molecule has 1 heterocycles. The van der Waals surface area contributed by atoms with Gasteiger partial charge in [0.2, 0.25) is 0 Å². The van der Waals surface area contributed by atoms with Crippen molar-refractivity contribution in [2.75, 3.05) is 23.8 Å². The molecule has 1 aromatic heterocycles. The highest BCUT2D eigenvalue weighted by Gasteiger charge is 2.20. The lowest BCUT2D eigenvalue weighted by Gasteiger charge is -2.29. The molecule has 1 aromatic rings. The fourth-order valence-corrected chi connectivity index (χ4v) is 2.10. The van der Waals surface area contributed by atoms with E-state index in [9.17, 15) is 0 Å². The Kier molecular flexibility index (Phi) is 5.47. The highest BCUT2D eigenvalue weighted by Crippen LogP contribution is 2.28. The van der Waals surface area contributed by atoms with Gasteiger partial charge in [0.1, 0.15) is 0 Å². The molecule has 0 aliphatic carbocycles. The van der Waals surface area contributed by atoms with Crippen molar-refractivity contribution in [2.45, 2.75) is 53.1 Å². The number of rotatable bonds is 7. The molecule has 0 aliphatic rings. The molecule has 0 radical (unpaired) electrons. The first-order chi connectivity index (χ1) is 8.52. The van der Waals surface area contributed by atoms with E-state index < -0.39 is 0 Å². The maximum Gasteiger partial charge on any atom is 0.150 e. The molecule has 0 aliphatic heterocycles. The Morgan fingerprint density at radius 2 is 2.11 bits per heavy atom. The molecule has 5 nitrogen and oxygen atoms in total. The summed E-state index contributed by atoms with van der Waals surface area (Å²) in [5, 5.41) is 13.5. The van der Waals surface area contributed by atoms with E-state index in [0.717, 1.165) is 43.1 Å². The van der Waals surface area contributed by atoms with Crippen LogP contribution < -0.4 is 10.6 Å². The van der Waals surface area contributed by atoms with Gasteiger partial charge in [0.25, 0.3) is 0 Å². The minimum Gasteiger partial charge on any atom is -0.396 e. The third-order valence-electron chi connectivity index (χ3n) is 3.03. The van der Waals surface area contributed by atoms with Crippen LogP contribution in [0.15, 0.2) is 0 Å². The molecule has 0 amide bonds. The molecule has 5 heteroatoms. The maximum atomic E-state index is 9.01. The number of nitrogens with two attached hydrogens (primary N) is 1. The molecule has 0 unspecified atom stereocenters. The van der Waals surface area contributed by atoms with E-state index >= 15 is 0 Å². The minimum atomic E-state index is 0.198. The summed E-state index contributed by atoms with van der Waals surface area (Å²) >= 11 is 0. The van der Waals surface area contributed by atoms with E-state index in [1.807, 2.05) is 11.6 Å². The molecule has 0 aromatic carbocycles. The van der Waals surface area contributed by atoms with E-state index in [1.165, 1.54) is 0 Å². The van der Waals surface area contributed by atoms with Gasteiger partial charge in [-0.2, -0.15) is 5.10 Å². The van der Waals surface area contributed by atoms with Gasteiger partial charge in [-0.25, -0.2) is 4.68 Å². The second-order valence-corrected chi connectivity index (χ2v) is 4.91. The van der Waals surface area contributed by atoms with Crippen molar-refractivity contribution < 1.29 is 5.11 Å². The summed E-state index contributed by atoms with van der Waals surface area (Å²) in [7, 11) is 0. The van der Waals surface area contributed by atoms with Crippen LogP contribution in [0.4, 0.5) is 11.5 Å². The molecular formula is C13H26N4O. The van der Waals surface area contributed by atoms with E-state index in [1.54, 1.807) is 0 Å². The third-order valence-corrected chi connectivity index (χ3v) is 3.03. The predicted octanol–water partition coefficient (Wildman–Crippen LogP) is 1.78. The number of hydrogen-bond acceptors (Lipinski definition) is 4. The summed E-state index contributed by atoms with van der Waals surface area (Å²) < 4.78 is 1.99. The molecule has 0 spiro atoms. The number of hydrogen-bond donors (Lipinski definition) is 2. The topological polar surface area (TPSA) is 67.3 Å². The lowest BCUT2D eigenvalue weighted by atomic mass is 10.2. The van der Waals surface area contributed by atoms with Crippen LogP contribution in [-0.2, 0) is 6.54 Å². The number of aryl methyl sites for hydroxylation is 2. The van der Waals surface area contributed by atoms with Gasteiger partial charge in [-0.3, -0.25) is 0 Å². The van der Waals surface area contributed by atoms with Gasteiger partial charge in [-0.15, -0.1) is 0 Å². The summed E-state index contributed by atoms with van der Waals surface area (Å²) in [6.45, 7) is 10.2. The number of nitrogens with zero attached hydrogens (tertiary/aromatic N) is 3. The quantitative estimate of drug-likeness (QED) is 0.778. The first kappa shape index (κ1) is 14.8. The van der Waals surface area contributed by atoms with E-state index in [0.29, 0.717) is 6.04 Å². The molecule has 0 bridgehead atoms. The molecule has 104 valence electrons. The lowest BCUT2D eigenvalue weighted by molar-refractivity contribution is 0.288. The van der Waals surface area contributed by atoms with E-state index in [2.05, 4.69) is 30.8 Å². The van der Waals surface area contributed by atoms with Crippen molar-refractivity contribution in [3.63, 3.8) is 0 Å². The average Bonchev–Trinajstić information content (AvgIpc) is 2.57. The van der Waals surface area contributed by atoms with Gasteiger partial charge in [0.15, 0.2) is 5.82 Å². The Morgan fingerprint density at radius 1 is 1.44 bits per heavy atom. The number of nitrogen functional groups attached to an aromatic ring is 1. The standard InChI is InChI=1S/C13H26N4O/c1-5-7-17-13(12(14)11(4)15-17)16(10(2)3)8-6-9-18/h10,18H,5-9,14H2,1-4H3. The van der Waals surface area contributed by atoms with Gasteiger partial charge in [0.05, 0.1) is 11.4 Å². The lowest BCUT2D eigenvalue weighted by Crippen LogP contribution is -2.34. The Balaban J connectivity index is 3.08. The van der Waals surface area contributed by atoms with Gasteiger partial charge in [-0.1, -0.05) is 6.92 Å². The van der Waals surface area contributed by atoms with Crippen LogP contribution in [0.2, 0.25) is 0 Å². The summed E-state index contributed by atoms with van der Waals surface area (Å²) in [5.74, 6) is 0.998. The molecule has 1 rings (SSSR count). The first-order valence-electron chi connectivity index (χ1n) is 6.73. The van der Waals surface area contributed by atoms with Crippen LogP contribution in [0.25, 0.3) is 0 Å². The Morgan fingerprint density at radius 3 is 2.61 bits per heavy atom. The fraction of sp³-hybridized carbons (Fsp3) is 0.769. The molecular weight excluding hydrogens is 228 g/mol. The normalized spacial score (nSPS) is 11.2. The van der Waals surface area contributed by atoms with Crippen molar-refractivity contribution in [3.05, 3.63) is 5.69 Å². The van der Waals surface area contributed by atoms with Crippen LogP contribution in [0, 0.1) is 6.92 Å². The van der Waals surface area contributed by atoms with Crippen LogP contribution >= 0.6 is 0 Å². The fourth-order valence-electron chi connectivity index (χ4n) is 2.10. The first-order valence-corrected chi connectivity index (χ1v) is 6.73. The summed E-state index contributed by atoms with van der Waals surface area (Å²) in [6, 6.07) is 0.338. The van der Waals surface area contributed by atoms with Gasteiger partial charge in [0, 0.05) is 25.7 Å². The Hall–Kier alpha value is -1.23. The SMILES string of the molecule is CCCn1nc(C)c(N)c1N(CCCO)C(C)C. The van der Waals surface area contributed by atoms with Crippen molar-refractivity contribution in [2.24, 2.45) is 0 Å². The number of aliphatic hydroxyl groups excluding tert-OH is 1. The number of anilines is 2. The molecule has 0 saturated heterocycles. The molecule has 0 atom stereocenters.